The highest BCUT2D eigenvalue weighted by Gasteiger charge is 2.11. The zero-order valence-electron chi connectivity index (χ0n) is 12.9. The van der Waals surface area contributed by atoms with Crippen molar-refractivity contribution < 1.29 is 0 Å². The summed E-state index contributed by atoms with van der Waals surface area (Å²) >= 11 is 0. The molecule has 0 atom stereocenters. The second kappa shape index (κ2) is 8.53. The minimum Gasteiger partial charge on any atom is -0.370 e. The van der Waals surface area contributed by atoms with Crippen LogP contribution in [0.2, 0.25) is 0 Å². The standard InChI is InChI=1S/C17H24N4.HI/c18-17(19-9-12-21-10-2-1-3-11-21)20-16-8-7-14-5-4-6-15(14)13-16;/h1-2,7-8,13H,3-6,9-12H2,(H3,18,19,20);1H. The number of anilines is 1. The van der Waals surface area contributed by atoms with Crippen LogP contribution in [0.5, 0.6) is 0 Å². The molecule has 0 unspecified atom stereocenters. The van der Waals surface area contributed by atoms with Crippen LogP contribution in [0, 0.1) is 0 Å². The Bertz CT molecular complexity index is 554. The third kappa shape index (κ3) is 4.71. The van der Waals surface area contributed by atoms with Crippen LogP contribution in [0.4, 0.5) is 5.69 Å². The van der Waals surface area contributed by atoms with Gasteiger partial charge in [0.2, 0.25) is 0 Å². The number of hydrogen-bond donors (Lipinski definition) is 2. The maximum absolute atomic E-state index is 5.97. The fraction of sp³-hybridized carbons (Fsp3) is 0.471. The maximum atomic E-state index is 5.97. The van der Waals surface area contributed by atoms with Gasteiger partial charge in [0.05, 0.1) is 6.54 Å². The quantitative estimate of drug-likeness (QED) is 0.346. The van der Waals surface area contributed by atoms with Crippen LogP contribution in [0.3, 0.4) is 0 Å². The number of halogens is 1. The molecule has 1 aliphatic carbocycles. The molecule has 0 saturated carbocycles. The third-order valence-corrected chi connectivity index (χ3v) is 4.21. The topological polar surface area (TPSA) is 53.6 Å². The zero-order valence-corrected chi connectivity index (χ0v) is 15.3. The van der Waals surface area contributed by atoms with Gasteiger partial charge in [0.1, 0.15) is 0 Å². The smallest absolute Gasteiger partial charge is 0.193 e. The Kier molecular flexibility index (Phi) is 6.70. The van der Waals surface area contributed by atoms with Gasteiger partial charge in [0, 0.05) is 25.3 Å². The molecular weight excluding hydrogens is 387 g/mol. The molecule has 4 nitrogen and oxygen atoms in total. The molecule has 3 N–H and O–H groups in total. The van der Waals surface area contributed by atoms with Crippen LogP contribution in [-0.2, 0) is 12.8 Å². The number of aliphatic imine (C=N–C) groups is 1. The number of aryl methyl sites for hydroxylation is 2. The van der Waals surface area contributed by atoms with Crippen LogP contribution >= 0.6 is 24.0 Å². The van der Waals surface area contributed by atoms with Crippen LogP contribution in [0.15, 0.2) is 35.3 Å². The van der Waals surface area contributed by atoms with Crippen molar-refractivity contribution >= 4 is 35.6 Å². The van der Waals surface area contributed by atoms with E-state index in [-0.39, 0.29) is 24.0 Å². The summed E-state index contributed by atoms with van der Waals surface area (Å²) in [5, 5.41) is 3.20. The number of nitrogens with two attached hydrogens (primary N) is 1. The molecule has 3 rings (SSSR count). The van der Waals surface area contributed by atoms with Gasteiger partial charge in [-0.2, -0.15) is 0 Å². The van der Waals surface area contributed by atoms with Crippen molar-refractivity contribution in [3.8, 4) is 0 Å². The number of nitrogens with one attached hydrogen (secondary N) is 1. The van der Waals surface area contributed by atoms with Crippen molar-refractivity contribution in [3.05, 3.63) is 41.5 Å². The SMILES string of the molecule is I.NC(=NCCN1CC=CCC1)Nc1ccc2c(c1)CCC2. The highest BCUT2D eigenvalue weighted by atomic mass is 127. The van der Waals surface area contributed by atoms with Crippen molar-refractivity contribution in [1.29, 1.82) is 0 Å². The lowest BCUT2D eigenvalue weighted by atomic mass is 10.1. The van der Waals surface area contributed by atoms with E-state index in [1.165, 1.54) is 30.4 Å². The van der Waals surface area contributed by atoms with Crippen molar-refractivity contribution in [3.63, 3.8) is 0 Å². The molecule has 0 fully saturated rings. The Morgan fingerprint density at radius 2 is 2.09 bits per heavy atom. The third-order valence-electron chi connectivity index (χ3n) is 4.21. The van der Waals surface area contributed by atoms with E-state index >= 15 is 0 Å². The highest BCUT2D eigenvalue weighted by molar-refractivity contribution is 14.0. The van der Waals surface area contributed by atoms with E-state index in [0.29, 0.717) is 5.96 Å². The zero-order chi connectivity index (χ0) is 14.5. The van der Waals surface area contributed by atoms with Crippen LogP contribution < -0.4 is 11.1 Å². The number of fused-ring (bicyclic) bond motifs is 1. The minimum atomic E-state index is 0. The van der Waals surface area contributed by atoms with E-state index in [4.69, 9.17) is 5.73 Å². The van der Waals surface area contributed by atoms with Gasteiger partial charge in [-0.05, 0) is 48.9 Å². The van der Waals surface area contributed by atoms with Gasteiger partial charge in [-0.25, -0.2) is 0 Å². The first-order valence-electron chi connectivity index (χ1n) is 7.87. The molecule has 1 aromatic carbocycles. The lowest BCUT2D eigenvalue weighted by molar-refractivity contribution is 0.307. The lowest BCUT2D eigenvalue weighted by Crippen LogP contribution is -2.31. The molecule has 120 valence electrons. The molecule has 2 aliphatic rings. The highest BCUT2D eigenvalue weighted by Crippen LogP contribution is 2.24. The van der Waals surface area contributed by atoms with Crippen molar-refractivity contribution in [1.82, 2.24) is 4.90 Å². The summed E-state index contributed by atoms with van der Waals surface area (Å²) in [5.41, 5.74) is 9.96. The Morgan fingerprint density at radius 1 is 1.23 bits per heavy atom. The predicted molar refractivity (Wildman–Crippen MR) is 104 cm³/mol. The Balaban J connectivity index is 0.00000176. The van der Waals surface area contributed by atoms with Crippen molar-refractivity contribution in [2.45, 2.75) is 25.7 Å². The Morgan fingerprint density at radius 3 is 2.91 bits per heavy atom. The molecular formula is C17H25IN4. The van der Waals surface area contributed by atoms with E-state index < -0.39 is 0 Å². The number of benzene rings is 1. The predicted octanol–water partition coefficient (Wildman–Crippen LogP) is 2.78. The van der Waals surface area contributed by atoms with Crippen molar-refractivity contribution in [2.75, 3.05) is 31.5 Å². The van der Waals surface area contributed by atoms with Gasteiger partial charge in [0.15, 0.2) is 5.96 Å². The largest absolute Gasteiger partial charge is 0.370 e. The van der Waals surface area contributed by atoms with Crippen LogP contribution in [0.1, 0.15) is 24.0 Å². The summed E-state index contributed by atoms with van der Waals surface area (Å²) < 4.78 is 0. The molecule has 1 heterocycles. The first kappa shape index (κ1) is 17.3. The fourth-order valence-electron chi connectivity index (χ4n) is 3.04. The summed E-state index contributed by atoms with van der Waals surface area (Å²) in [5.74, 6) is 0.514. The van der Waals surface area contributed by atoms with Gasteiger partial charge in [-0.3, -0.25) is 9.89 Å². The van der Waals surface area contributed by atoms with E-state index in [2.05, 4.69) is 45.6 Å². The molecule has 0 amide bonds. The average Bonchev–Trinajstić information content (AvgIpc) is 2.96. The van der Waals surface area contributed by atoms with Gasteiger partial charge in [0.25, 0.3) is 0 Å². The number of nitrogens with zero attached hydrogens (tertiary/aromatic N) is 2. The molecule has 0 radical (unpaired) electrons. The van der Waals surface area contributed by atoms with Crippen molar-refractivity contribution in [2.24, 2.45) is 10.7 Å². The molecule has 0 saturated heterocycles. The molecule has 0 spiro atoms. The van der Waals surface area contributed by atoms with Gasteiger partial charge in [-0.1, -0.05) is 18.2 Å². The molecule has 22 heavy (non-hydrogen) atoms. The summed E-state index contributed by atoms with van der Waals surface area (Å²) in [6.45, 7) is 3.88. The molecule has 0 aromatic heterocycles. The van der Waals surface area contributed by atoms with Gasteiger partial charge < -0.3 is 11.1 Å². The monoisotopic (exact) mass is 412 g/mol. The first-order valence-corrected chi connectivity index (χ1v) is 7.87. The van der Waals surface area contributed by atoms with Gasteiger partial charge >= 0.3 is 0 Å². The summed E-state index contributed by atoms with van der Waals surface area (Å²) in [6, 6.07) is 6.51. The summed E-state index contributed by atoms with van der Waals surface area (Å²) in [7, 11) is 0. The first-order chi connectivity index (χ1) is 10.3. The fourth-order valence-corrected chi connectivity index (χ4v) is 3.04. The minimum absolute atomic E-state index is 0. The summed E-state index contributed by atoms with van der Waals surface area (Å²) in [4.78, 5) is 6.82. The Hall–Kier alpha value is -1.08. The van der Waals surface area contributed by atoms with Gasteiger partial charge in [-0.15, -0.1) is 24.0 Å². The number of rotatable bonds is 4. The Labute approximate surface area is 149 Å². The van der Waals surface area contributed by atoms with E-state index in [9.17, 15) is 0 Å². The van der Waals surface area contributed by atoms with E-state index in [1.54, 1.807) is 0 Å². The molecule has 0 bridgehead atoms. The second-order valence-corrected chi connectivity index (χ2v) is 5.79. The molecule has 1 aliphatic heterocycles. The lowest BCUT2D eigenvalue weighted by Gasteiger charge is -2.21. The molecule has 1 aromatic rings. The second-order valence-electron chi connectivity index (χ2n) is 5.79. The normalized spacial score (nSPS) is 17.9. The van der Waals surface area contributed by atoms with Crippen LogP contribution in [-0.4, -0.2) is 37.0 Å². The average molecular weight is 412 g/mol. The van der Waals surface area contributed by atoms with E-state index in [0.717, 1.165) is 38.3 Å². The molecule has 5 heteroatoms. The number of guanidine groups is 1. The maximum Gasteiger partial charge on any atom is 0.193 e. The number of hydrogen-bond acceptors (Lipinski definition) is 2. The summed E-state index contributed by atoms with van der Waals surface area (Å²) in [6.07, 6.45) is 9.27. The van der Waals surface area contributed by atoms with E-state index in [1.807, 2.05) is 0 Å². The van der Waals surface area contributed by atoms with Crippen LogP contribution in [0.25, 0.3) is 0 Å².